The molecule has 3 rings (SSSR count). The van der Waals surface area contributed by atoms with Crippen molar-refractivity contribution in [2.24, 2.45) is 0 Å². The number of nitrogens with zero attached hydrogens (tertiary/aromatic N) is 2. The van der Waals surface area contributed by atoms with E-state index in [1.54, 1.807) is 0 Å². The van der Waals surface area contributed by atoms with Gasteiger partial charge in [0.2, 0.25) is 0 Å². The van der Waals surface area contributed by atoms with Gasteiger partial charge in [-0.3, -0.25) is 0 Å². The first kappa shape index (κ1) is 14.0. The zero-order valence-corrected chi connectivity index (χ0v) is 13.0. The summed E-state index contributed by atoms with van der Waals surface area (Å²) in [7, 11) is -3.50. The average Bonchev–Trinajstić information content (AvgIpc) is 2.75. The summed E-state index contributed by atoms with van der Waals surface area (Å²) in [5, 5.41) is 0. The van der Waals surface area contributed by atoms with E-state index < -0.39 is 10.0 Å². The number of thiazole rings is 1. The SMILES string of the molecule is O=S(=O)(c1cnc(Cl)s1)N1CCCc2ccccc2C1. The Hall–Kier alpha value is -0.950. The maximum atomic E-state index is 12.6. The van der Waals surface area contributed by atoms with E-state index in [-0.39, 0.29) is 8.68 Å². The summed E-state index contributed by atoms with van der Waals surface area (Å²) in [4.78, 5) is 3.82. The molecule has 0 fully saturated rings. The number of halogens is 1. The molecule has 0 saturated carbocycles. The van der Waals surface area contributed by atoms with Crippen molar-refractivity contribution >= 4 is 33.0 Å². The number of hydrogen-bond acceptors (Lipinski definition) is 4. The average molecular weight is 329 g/mol. The second kappa shape index (κ2) is 5.44. The van der Waals surface area contributed by atoms with Gasteiger partial charge in [-0.2, -0.15) is 4.31 Å². The predicted molar refractivity (Wildman–Crippen MR) is 79.5 cm³/mol. The van der Waals surface area contributed by atoms with Crippen molar-refractivity contribution in [1.82, 2.24) is 9.29 Å². The van der Waals surface area contributed by atoms with Crippen molar-refractivity contribution in [3.63, 3.8) is 0 Å². The molecule has 4 nitrogen and oxygen atoms in total. The standard InChI is InChI=1S/C13H13ClN2O2S2/c14-13-15-8-12(19-13)20(17,18)16-7-3-6-10-4-1-2-5-11(10)9-16/h1-2,4-5,8H,3,6-7,9H2. The minimum absolute atomic E-state index is 0.210. The predicted octanol–water partition coefficient (Wildman–Crippen LogP) is 2.93. The summed E-state index contributed by atoms with van der Waals surface area (Å²) in [5.74, 6) is 0. The molecule has 0 amide bonds. The van der Waals surface area contributed by atoms with Gasteiger partial charge in [-0.15, -0.1) is 0 Å². The first-order valence-electron chi connectivity index (χ1n) is 6.25. The van der Waals surface area contributed by atoms with E-state index in [2.05, 4.69) is 11.1 Å². The number of hydrogen-bond donors (Lipinski definition) is 0. The highest BCUT2D eigenvalue weighted by Crippen LogP contribution is 2.28. The molecule has 0 atom stereocenters. The third-order valence-electron chi connectivity index (χ3n) is 3.37. The van der Waals surface area contributed by atoms with Crippen LogP contribution in [-0.2, 0) is 23.0 Å². The Bertz CT molecular complexity index is 727. The third-order valence-corrected chi connectivity index (χ3v) is 6.77. The van der Waals surface area contributed by atoms with Crippen LogP contribution in [0.5, 0.6) is 0 Å². The molecule has 1 aliphatic heterocycles. The lowest BCUT2D eigenvalue weighted by Gasteiger charge is -2.19. The molecular formula is C13H13ClN2O2S2. The monoisotopic (exact) mass is 328 g/mol. The Labute approximate surface area is 127 Å². The van der Waals surface area contributed by atoms with Crippen LogP contribution in [-0.4, -0.2) is 24.3 Å². The van der Waals surface area contributed by atoms with E-state index in [0.29, 0.717) is 13.1 Å². The maximum absolute atomic E-state index is 12.6. The van der Waals surface area contributed by atoms with Crippen LogP contribution < -0.4 is 0 Å². The molecule has 2 aromatic rings. The Morgan fingerprint density at radius 1 is 1.25 bits per heavy atom. The lowest BCUT2D eigenvalue weighted by Crippen LogP contribution is -2.30. The van der Waals surface area contributed by atoms with Crippen molar-refractivity contribution in [2.45, 2.75) is 23.6 Å². The van der Waals surface area contributed by atoms with Gasteiger partial charge in [0, 0.05) is 13.1 Å². The molecule has 20 heavy (non-hydrogen) atoms. The number of aryl methyl sites for hydroxylation is 1. The van der Waals surface area contributed by atoms with Crippen LogP contribution in [0.15, 0.2) is 34.7 Å². The minimum Gasteiger partial charge on any atom is -0.232 e. The van der Waals surface area contributed by atoms with Crippen LogP contribution in [0.1, 0.15) is 17.5 Å². The van der Waals surface area contributed by atoms with E-state index in [0.717, 1.165) is 29.7 Å². The molecule has 0 bridgehead atoms. The van der Waals surface area contributed by atoms with Crippen LogP contribution in [0.3, 0.4) is 0 Å². The molecule has 0 radical (unpaired) electrons. The highest BCUT2D eigenvalue weighted by molar-refractivity contribution is 7.91. The minimum atomic E-state index is -3.50. The maximum Gasteiger partial charge on any atom is 0.254 e. The van der Waals surface area contributed by atoms with Gasteiger partial charge in [-0.1, -0.05) is 47.2 Å². The number of sulfonamides is 1. The molecule has 1 aromatic heterocycles. The molecule has 0 unspecified atom stereocenters. The van der Waals surface area contributed by atoms with E-state index in [1.807, 2.05) is 18.2 Å². The van der Waals surface area contributed by atoms with Crippen LogP contribution in [0, 0.1) is 0 Å². The molecule has 0 N–H and O–H groups in total. The molecule has 0 aliphatic carbocycles. The van der Waals surface area contributed by atoms with Gasteiger partial charge in [0.25, 0.3) is 10.0 Å². The molecule has 2 heterocycles. The summed E-state index contributed by atoms with van der Waals surface area (Å²) in [6.07, 6.45) is 3.06. The fourth-order valence-corrected chi connectivity index (χ4v) is 5.27. The summed E-state index contributed by atoms with van der Waals surface area (Å²) in [5.41, 5.74) is 2.30. The lowest BCUT2D eigenvalue weighted by molar-refractivity contribution is 0.411. The van der Waals surface area contributed by atoms with Gasteiger partial charge in [-0.05, 0) is 24.0 Å². The number of fused-ring (bicyclic) bond motifs is 1. The Balaban J connectivity index is 1.95. The van der Waals surface area contributed by atoms with Crippen LogP contribution in [0.4, 0.5) is 0 Å². The molecule has 1 aromatic carbocycles. The second-order valence-corrected chi connectivity index (χ2v) is 8.42. The quantitative estimate of drug-likeness (QED) is 0.851. The molecule has 106 valence electrons. The van der Waals surface area contributed by atoms with E-state index in [1.165, 1.54) is 16.1 Å². The molecule has 0 saturated heterocycles. The third kappa shape index (κ3) is 2.61. The zero-order valence-electron chi connectivity index (χ0n) is 10.6. The fourth-order valence-electron chi connectivity index (χ4n) is 2.36. The van der Waals surface area contributed by atoms with Crippen LogP contribution in [0.2, 0.25) is 4.47 Å². The second-order valence-electron chi connectivity index (χ2n) is 4.64. The Morgan fingerprint density at radius 2 is 2.00 bits per heavy atom. The van der Waals surface area contributed by atoms with E-state index >= 15 is 0 Å². The normalized spacial score (nSPS) is 16.6. The fraction of sp³-hybridized carbons (Fsp3) is 0.308. The van der Waals surface area contributed by atoms with Gasteiger partial charge in [-0.25, -0.2) is 13.4 Å². The first-order valence-corrected chi connectivity index (χ1v) is 8.89. The van der Waals surface area contributed by atoms with Crippen LogP contribution in [0.25, 0.3) is 0 Å². The van der Waals surface area contributed by atoms with Crippen molar-refractivity contribution < 1.29 is 8.42 Å². The van der Waals surface area contributed by atoms with Gasteiger partial charge in [0.15, 0.2) is 8.68 Å². The topological polar surface area (TPSA) is 50.3 Å². The summed E-state index contributed by atoms with van der Waals surface area (Å²) >= 11 is 6.74. The largest absolute Gasteiger partial charge is 0.254 e. The van der Waals surface area contributed by atoms with Crippen LogP contribution >= 0.6 is 22.9 Å². The van der Waals surface area contributed by atoms with Gasteiger partial charge in [0.05, 0.1) is 6.20 Å². The van der Waals surface area contributed by atoms with Crippen molar-refractivity contribution in [2.75, 3.05) is 6.54 Å². The van der Waals surface area contributed by atoms with Gasteiger partial charge < -0.3 is 0 Å². The highest BCUT2D eigenvalue weighted by atomic mass is 35.5. The number of rotatable bonds is 2. The Morgan fingerprint density at radius 3 is 2.70 bits per heavy atom. The number of aromatic nitrogens is 1. The molecular weight excluding hydrogens is 316 g/mol. The van der Waals surface area contributed by atoms with E-state index in [9.17, 15) is 8.42 Å². The summed E-state index contributed by atoms with van der Waals surface area (Å²) in [6, 6.07) is 7.99. The molecule has 0 spiro atoms. The van der Waals surface area contributed by atoms with Crippen molar-refractivity contribution in [1.29, 1.82) is 0 Å². The van der Waals surface area contributed by atoms with Gasteiger partial charge in [0.1, 0.15) is 0 Å². The van der Waals surface area contributed by atoms with E-state index in [4.69, 9.17) is 11.6 Å². The Kier molecular flexibility index (Phi) is 3.81. The molecule has 7 heteroatoms. The van der Waals surface area contributed by atoms with Crippen molar-refractivity contribution in [3.8, 4) is 0 Å². The zero-order chi connectivity index (χ0) is 14.2. The summed E-state index contributed by atoms with van der Waals surface area (Å²) in [6.45, 7) is 0.931. The number of benzene rings is 1. The van der Waals surface area contributed by atoms with Gasteiger partial charge >= 0.3 is 0 Å². The first-order chi connectivity index (χ1) is 9.57. The molecule has 1 aliphatic rings. The summed E-state index contributed by atoms with van der Waals surface area (Å²) < 4.78 is 27.2. The van der Waals surface area contributed by atoms with Crippen molar-refractivity contribution in [3.05, 3.63) is 46.1 Å². The highest BCUT2D eigenvalue weighted by Gasteiger charge is 2.28. The smallest absolute Gasteiger partial charge is 0.232 e. The lowest BCUT2D eigenvalue weighted by atomic mass is 10.0.